The molecule has 3 aromatic rings. The average Bonchev–Trinajstić information content (AvgIpc) is 3.07. The molecule has 0 spiro atoms. The zero-order chi connectivity index (χ0) is 17.2. The second-order valence-corrected chi connectivity index (χ2v) is 6.95. The van der Waals surface area contributed by atoms with Crippen molar-refractivity contribution >= 4 is 68.7 Å². The maximum Gasteiger partial charge on any atom is 0.151 e. The summed E-state index contributed by atoms with van der Waals surface area (Å²) in [6.07, 6.45) is -1.14. The fraction of sp³-hybridized carbons (Fsp3) is 0.0625. The Labute approximate surface area is 156 Å². The standard InChI is InChI=1S/C16H8Cl4N2O2/c17-5-1-3-7(19)11-9(5)15(23)13(21-11)14-16(24)10-6(18)2-4-8(20)12(10)22-14/h1-4,15,22-24H. The number of nitrogens with one attached hydrogen (secondary N) is 1. The Balaban J connectivity index is 1.97. The van der Waals surface area contributed by atoms with E-state index in [0.29, 0.717) is 42.2 Å². The molecule has 2 heterocycles. The van der Waals surface area contributed by atoms with Gasteiger partial charge in [-0.2, -0.15) is 0 Å². The van der Waals surface area contributed by atoms with E-state index in [0.717, 1.165) is 0 Å². The zero-order valence-corrected chi connectivity index (χ0v) is 14.8. The van der Waals surface area contributed by atoms with Crippen LogP contribution in [0.25, 0.3) is 10.9 Å². The molecule has 1 aliphatic rings. The van der Waals surface area contributed by atoms with Crippen molar-refractivity contribution in [2.45, 2.75) is 6.10 Å². The molecule has 0 amide bonds. The lowest BCUT2D eigenvalue weighted by Gasteiger charge is -2.09. The molecule has 0 saturated heterocycles. The number of aliphatic hydroxyl groups is 1. The molecular weight excluding hydrogens is 394 g/mol. The van der Waals surface area contributed by atoms with Crippen LogP contribution in [0.1, 0.15) is 17.4 Å². The van der Waals surface area contributed by atoms with Crippen LogP contribution < -0.4 is 0 Å². The minimum absolute atomic E-state index is 0.143. The number of nitrogens with zero attached hydrogens (tertiary/aromatic N) is 1. The Hall–Kier alpha value is -1.43. The van der Waals surface area contributed by atoms with Gasteiger partial charge in [0.25, 0.3) is 0 Å². The van der Waals surface area contributed by atoms with E-state index < -0.39 is 6.10 Å². The number of halogens is 4. The minimum atomic E-state index is -1.14. The summed E-state index contributed by atoms with van der Waals surface area (Å²) in [7, 11) is 0. The number of aromatic hydroxyl groups is 1. The van der Waals surface area contributed by atoms with Gasteiger partial charge in [-0.1, -0.05) is 46.4 Å². The topological polar surface area (TPSA) is 68.6 Å². The molecule has 122 valence electrons. The van der Waals surface area contributed by atoms with E-state index in [-0.39, 0.29) is 17.2 Å². The highest BCUT2D eigenvalue weighted by atomic mass is 35.5. The highest BCUT2D eigenvalue weighted by Crippen LogP contribution is 2.47. The Morgan fingerprint density at radius 2 is 1.54 bits per heavy atom. The normalized spacial score (nSPS) is 16.5. The van der Waals surface area contributed by atoms with E-state index in [4.69, 9.17) is 46.4 Å². The van der Waals surface area contributed by atoms with Gasteiger partial charge in [-0.05, 0) is 24.3 Å². The van der Waals surface area contributed by atoms with Crippen molar-refractivity contribution in [1.29, 1.82) is 0 Å². The third-order valence-electron chi connectivity index (χ3n) is 3.96. The molecule has 8 heteroatoms. The van der Waals surface area contributed by atoms with Crippen LogP contribution in [0.2, 0.25) is 20.1 Å². The van der Waals surface area contributed by atoms with Crippen LogP contribution in [0, 0.1) is 0 Å². The first-order valence-corrected chi connectivity index (χ1v) is 8.35. The summed E-state index contributed by atoms with van der Waals surface area (Å²) in [6.45, 7) is 0. The number of benzene rings is 2. The van der Waals surface area contributed by atoms with Crippen LogP contribution in [0.4, 0.5) is 5.69 Å². The number of hydrogen-bond acceptors (Lipinski definition) is 3. The Bertz CT molecular complexity index is 1040. The van der Waals surface area contributed by atoms with Crippen molar-refractivity contribution < 1.29 is 10.2 Å². The lowest BCUT2D eigenvalue weighted by Crippen LogP contribution is -2.10. The predicted octanol–water partition coefficient (Wildman–Crippen LogP) is 5.65. The van der Waals surface area contributed by atoms with Crippen LogP contribution in [-0.2, 0) is 0 Å². The van der Waals surface area contributed by atoms with E-state index >= 15 is 0 Å². The maximum absolute atomic E-state index is 10.6. The molecule has 2 aromatic carbocycles. The molecule has 1 unspecified atom stereocenters. The Kier molecular flexibility index (Phi) is 3.71. The van der Waals surface area contributed by atoms with Crippen LogP contribution in [0.15, 0.2) is 29.3 Å². The predicted molar refractivity (Wildman–Crippen MR) is 97.6 cm³/mol. The number of rotatable bonds is 1. The maximum atomic E-state index is 10.6. The molecule has 0 radical (unpaired) electrons. The molecule has 4 nitrogen and oxygen atoms in total. The van der Waals surface area contributed by atoms with Crippen LogP contribution in [0.5, 0.6) is 5.75 Å². The quantitative estimate of drug-likeness (QED) is 0.492. The molecular formula is C16H8Cl4N2O2. The van der Waals surface area contributed by atoms with Gasteiger partial charge in [-0.25, -0.2) is 4.99 Å². The largest absolute Gasteiger partial charge is 0.505 e. The van der Waals surface area contributed by atoms with Gasteiger partial charge in [0.1, 0.15) is 17.5 Å². The Morgan fingerprint density at radius 3 is 2.21 bits per heavy atom. The molecule has 0 bridgehead atoms. The lowest BCUT2D eigenvalue weighted by atomic mass is 10.0. The number of aromatic nitrogens is 1. The Morgan fingerprint density at radius 1 is 0.917 bits per heavy atom. The summed E-state index contributed by atoms with van der Waals surface area (Å²) >= 11 is 24.6. The smallest absolute Gasteiger partial charge is 0.151 e. The number of H-pyrrole nitrogens is 1. The van der Waals surface area contributed by atoms with Gasteiger partial charge < -0.3 is 15.2 Å². The molecule has 0 aliphatic carbocycles. The van der Waals surface area contributed by atoms with Gasteiger partial charge in [0.2, 0.25) is 0 Å². The number of aliphatic hydroxyl groups excluding tert-OH is 1. The average molecular weight is 402 g/mol. The molecule has 1 aromatic heterocycles. The summed E-state index contributed by atoms with van der Waals surface area (Å²) < 4.78 is 0. The monoisotopic (exact) mass is 400 g/mol. The van der Waals surface area contributed by atoms with Gasteiger partial charge in [0.05, 0.1) is 31.7 Å². The van der Waals surface area contributed by atoms with E-state index in [9.17, 15) is 10.2 Å². The van der Waals surface area contributed by atoms with Gasteiger partial charge >= 0.3 is 0 Å². The first kappa shape index (κ1) is 16.1. The summed E-state index contributed by atoms with van der Waals surface area (Å²) in [5.41, 5.74) is 1.65. The second kappa shape index (κ2) is 5.55. The molecule has 0 fully saturated rings. The van der Waals surface area contributed by atoms with Crippen molar-refractivity contribution in [1.82, 2.24) is 4.98 Å². The highest BCUT2D eigenvalue weighted by Gasteiger charge is 2.33. The number of aromatic amines is 1. The molecule has 4 rings (SSSR count). The molecule has 3 N–H and O–H groups in total. The van der Waals surface area contributed by atoms with Gasteiger partial charge in [0.15, 0.2) is 5.75 Å². The SMILES string of the molecule is Oc1c(C2=Nc3c(Cl)ccc(Cl)c3C2O)[nH]c2c(Cl)ccc(Cl)c12. The van der Waals surface area contributed by atoms with Crippen molar-refractivity contribution in [2.75, 3.05) is 0 Å². The van der Waals surface area contributed by atoms with Crippen molar-refractivity contribution in [2.24, 2.45) is 4.99 Å². The fourth-order valence-electron chi connectivity index (χ4n) is 2.84. The van der Waals surface area contributed by atoms with Crippen LogP contribution in [-0.4, -0.2) is 20.9 Å². The fourth-order valence-corrected chi connectivity index (χ4v) is 3.76. The van der Waals surface area contributed by atoms with E-state index in [2.05, 4.69) is 9.98 Å². The molecule has 1 aliphatic heterocycles. The minimum Gasteiger partial charge on any atom is -0.505 e. The summed E-state index contributed by atoms with van der Waals surface area (Å²) in [6, 6.07) is 6.38. The molecule has 0 saturated carbocycles. The molecule has 1 atom stereocenters. The zero-order valence-electron chi connectivity index (χ0n) is 11.7. The summed E-state index contributed by atoms with van der Waals surface area (Å²) in [5, 5.41) is 23.0. The van der Waals surface area contributed by atoms with Gasteiger partial charge in [-0.15, -0.1) is 0 Å². The van der Waals surface area contributed by atoms with Crippen molar-refractivity contribution in [3.8, 4) is 5.75 Å². The third-order valence-corrected chi connectivity index (χ3v) is 5.23. The second-order valence-electron chi connectivity index (χ2n) is 5.32. The first-order valence-electron chi connectivity index (χ1n) is 6.83. The summed E-state index contributed by atoms with van der Waals surface area (Å²) in [4.78, 5) is 7.33. The van der Waals surface area contributed by atoms with Gasteiger partial charge in [-0.3, -0.25) is 0 Å². The number of hydrogen-bond donors (Lipinski definition) is 3. The van der Waals surface area contributed by atoms with E-state index in [1.807, 2.05) is 0 Å². The summed E-state index contributed by atoms with van der Waals surface area (Å²) in [5.74, 6) is -0.143. The number of fused-ring (bicyclic) bond motifs is 2. The van der Waals surface area contributed by atoms with Crippen molar-refractivity contribution in [3.63, 3.8) is 0 Å². The third kappa shape index (κ3) is 2.15. The highest BCUT2D eigenvalue weighted by molar-refractivity contribution is 6.41. The first-order chi connectivity index (χ1) is 11.4. The molecule has 24 heavy (non-hydrogen) atoms. The van der Waals surface area contributed by atoms with E-state index in [1.54, 1.807) is 24.3 Å². The van der Waals surface area contributed by atoms with Crippen molar-refractivity contribution in [3.05, 3.63) is 55.6 Å². The van der Waals surface area contributed by atoms with Crippen LogP contribution >= 0.6 is 46.4 Å². The van der Waals surface area contributed by atoms with E-state index in [1.165, 1.54) is 0 Å². The van der Waals surface area contributed by atoms with Crippen LogP contribution in [0.3, 0.4) is 0 Å². The van der Waals surface area contributed by atoms with Gasteiger partial charge in [0, 0.05) is 10.6 Å². The lowest BCUT2D eigenvalue weighted by molar-refractivity contribution is 0.251. The number of aliphatic imine (C=N–C) groups is 1.